The molecular weight excluding hydrogens is 773 g/mol. The van der Waals surface area contributed by atoms with Gasteiger partial charge in [0.15, 0.2) is 6.29 Å². The van der Waals surface area contributed by atoms with E-state index in [2.05, 4.69) is 66.7 Å². The zero-order valence-corrected chi connectivity index (χ0v) is 41.0. The Morgan fingerprint density at radius 2 is 1.37 bits per heavy atom. The first-order valence-electron chi connectivity index (χ1n) is 26.7. The predicted molar refractivity (Wildman–Crippen MR) is 253 cm³/mol. The number of carbonyl (C=O) groups is 1. The van der Waals surface area contributed by atoms with Crippen molar-refractivity contribution in [2.75, 3.05) is 6.61 Å². The molecule has 0 aromatic carbocycles. The van der Waals surface area contributed by atoms with Crippen LogP contribution in [0.4, 0.5) is 0 Å². The normalized spacial score (nSPS) is 35.6. The Labute approximate surface area is 380 Å². The molecule has 0 aromatic heterocycles. The molecule has 358 valence electrons. The summed E-state index contributed by atoms with van der Waals surface area (Å²) >= 11 is 0. The van der Waals surface area contributed by atoms with Crippen molar-refractivity contribution in [3.05, 3.63) is 23.8 Å². The van der Waals surface area contributed by atoms with Crippen LogP contribution in [0.1, 0.15) is 222 Å². The predicted octanol–water partition coefficient (Wildman–Crippen LogP) is 13.2. The van der Waals surface area contributed by atoms with Crippen LogP contribution in [-0.4, -0.2) is 64.7 Å². The van der Waals surface area contributed by atoms with Crippen LogP contribution < -0.4 is 0 Å². The maximum atomic E-state index is 12.7. The second kappa shape index (κ2) is 25.6. The van der Waals surface area contributed by atoms with E-state index in [9.17, 15) is 20.1 Å². The molecule has 0 bridgehead atoms. The second-order valence-electron chi connectivity index (χ2n) is 22.2. The number of ether oxygens (including phenoxy) is 3. The topological polar surface area (TPSA) is 105 Å². The van der Waals surface area contributed by atoms with E-state index in [-0.39, 0.29) is 24.1 Å². The number of hydrogen-bond donors (Lipinski definition) is 3. The molecule has 4 fully saturated rings. The minimum absolute atomic E-state index is 0.147. The van der Waals surface area contributed by atoms with Gasteiger partial charge in [-0.25, -0.2) is 0 Å². The van der Waals surface area contributed by atoms with E-state index in [1.807, 2.05) is 0 Å². The van der Waals surface area contributed by atoms with Crippen molar-refractivity contribution < 1.29 is 34.3 Å². The summed E-state index contributed by atoms with van der Waals surface area (Å²) in [4.78, 5) is 12.7. The van der Waals surface area contributed by atoms with Crippen molar-refractivity contribution in [1.29, 1.82) is 0 Å². The number of allylic oxidation sites excluding steroid dienone is 3. The smallest absolute Gasteiger partial charge is 0.305 e. The third-order valence-corrected chi connectivity index (χ3v) is 17.6. The van der Waals surface area contributed by atoms with Crippen LogP contribution in [0.5, 0.6) is 0 Å². The summed E-state index contributed by atoms with van der Waals surface area (Å²) in [7, 11) is 0. The number of rotatable bonds is 27. The molecule has 0 spiro atoms. The molecule has 3 saturated carbocycles. The fourth-order valence-corrected chi connectivity index (χ4v) is 13.5. The van der Waals surface area contributed by atoms with Crippen molar-refractivity contribution in [3.63, 3.8) is 0 Å². The number of aliphatic hydroxyl groups excluding tert-OH is 3. The number of fused-ring (bicyclic) bond motifs is 5. The van der Waals surface area contributed by atoms with Crippen LogP contribution in [0.3, 0.4) is 0 Å². The van der Waals surface area contributed by atoms with E-state index in [0.717, 1.165) is 62.7 Å². The van der Waals surface area contributed by atoms with Crippen LogP contribution in [0.2, 0.25) is 0 Å². The van der Waals surface area contributed by atoms with Gasteiger partial charge in [0, 0.05) is 6.42 Å². The summed E-state index contributed by atoms with van der Waals surface area (Å²) in [5.74, 6) is 4.62. The Hall–Kier alpha value is -1.25. The molecule has 7 nitrogen and oxygen atoms in total. The second-order valence-corrected chi connectivity index (χ2v) is 22.2. The fourth-order valence-electron chi connectivity index (χ4n) is 13.5. The molecule has 1 saturated heterocycles. The monoisotopic (exact) mass is 869 g/mol. The summed E-state index contributed by atoms with van der Waals surface area (Å²) in [5, 5.41) is 32.6. The highest BCUT2D eigenvalue weighted by Gasteiger charge is 2.59. The van der Waals surface area contributed by atoms with Crippen LogP contribution >= 0.6 is 0 Å². The summed E-state index contributed by atoms with van der Waals surface area (Å²) in [6, 6.07) is 0. The fraction of sp³-hybridized carbons (Fsp3) is 0.909. The quantitative estimate of drug-likeness (QED) is 0.0429. The highest BCUT2D eigenvalue weighted by atomic mass is 16.7. The first kappa shape index (κ1) is 51.7. The minimum atomic E-state index is -1.45. The molecule has 1 heterocycles. The molecule has 5 aliphatic rings. The lowest BCUT2D eigenvalue weighted by Crippen LogP contribution is -2.60. The van der Waals surface area contributed by atoms with E-state index in [1.54, 1.807) is 0 Å². The van der Waals surface area contributed by atoms with Crippen molar-refractivity contribution in [2.24, 2.45) is 52.3 Å². The summed E-state index contributed by atoms with van der Waals surface area (Å²) in [5.41, 5.74) is 2.05. The van der Waals surface area contributed by atoms with Gasteiger partial charge < -0.3 is 29.5 Å². The molecular formula is C55H96O7. The number of carbonyl (C=O) groups excluding carboxylic acids is 1. The van der Waals surface area contributed by atoms with Crippen LogP contribution in [0.15, 0.2) is 23.8 Å². The van der Waals surface area contributed by atoms with Gasteiger partial charge in [0.2, 0.25) is 0 Å². The van der Waals surface area contributed by atoms with Crippen molar-refractivity contribution in [1.82, 2.24) is 0 Å². The lowest BCUT2D eigenvalue weighted by atomic mass is 9.47. The van der Waals surface area contributed by atoms with Crippen LogP contribution in [-0.2, 0) is 19.0 Å². The number of unbranched alkanes of at least 4 members (excludes halogenated alkanes) is 16. The van der Waals surface area contributed by atoms with Crippen LogP contribution in [0, 0.1) is 52.3 Å². The summed E-state index contributed by atoms with van der Waals surface area (Å²) < 4.78 is 18.1. The van der Waals surface area contributed by atoms with Gasteiger partial charge in [-0.15, -0.1) is 0 Å². The zero-order valence-electron chi connectivity index (χ0n) is 41.0. The Kier molecular flexibility index (Phi) is 21.4. The van der Waals surface area contributed by atoms with E-state index in [0.29, 0.717) is 35.5 Å². The summed E-state index contributed by atoms with van der Waals surface area (Å²) in [6.45, 7) is 16.8. The minimum Gasteiger partial charge on any atom is -0.463 e. The number of esters is 1. The van der Waals surface area contributed by atoms with E-state index >= 15 is 0 Å². The van der Waals surface area contributed by atoms with Gasteiger partial charge in [-0.3, -0.25) is 4.79 Å². The zero-order chi connectivity index (χ0) is 44.7. The van der Waals surface area contributed by atoms with E-state index in [1.165, 1.54) is 128 Å². The molecule has 0 aromatic rings. The van der Waals surface area contributed by atoms with Crippen molar-refractivity contribution in [2.45, 2.75) is 259 Å². The Morgan fingerprint density at radius 1 is 0.758 bits per heavy atom. The van der Waals surface area contributed by atoms with E-state index in [4.69, 9.17) is 14.2 Å². The van der Waals surface area contributed by atoms with Gasteiger partial charge in [0.1, 0.15) is 31.0 Å². The number of hydrogen-bond acceptors (Lipinski definition) is 7. The molecule has 62 heavy (non-hydrogen) atoms. The maximum Gasteiger partial charge on any atom is 0.305 e. The van der Waals surface area contributed by atoms with Gasteiger partial charge in [0.05, 0.1) is 6.10 Å². The van der Waals surface area contributed by atoms with Gasteiger partial charge in [-0.1, -0.05) is 175 Å². The number of aliphatic hydroxyl groups is 3. The van der Waals surface area contributed by atoms with Gasteiger partial charge in [-0.05, 0) is 116 Å². The summed E-state index contributed by atoms with van der Waals surface area (Å²) in [6.07, 6.45) is 33.9. The Balaban J connectivity index is 0.992. The Morgan fingerprint density at radius 3 is 1.97 bits per heavy atom. The van der Waals surface area contributed by atoms with E-state index < -0.39 is 30.7 Å². The highest BCUT2D eigenvalue weighted by Crippen LogP contribution is 2.67. The average molecular weight is 869 g/mol. The SMILES string of the molecule is CCCCCCCCCCCCCCCCCCCC(=O)OCC1OC(OC2CCC3(C)C(=CCC4C3CCC3(C)C(C(C)/C=C/C(CC)C(C)C)CCC43)C2)C(O)C(O)C1O. The van der Waals surface area contributed by atoms with Crippen LogP contribution in [0.25, 0.3) is 0 Å². The molecule has 0 amide bonds. The molecule has 0 radical (unpaired) electrons. The molecule has 14 atom stereocenters. The molecule has 5 rings (SSSR count). The van der Waals surface area contributed by atoms with Gasteiger partial charge in [0.25, 0.3) is 0 Å². The first-order chi connectivity index (χ1) is 29.8. The molecule has 14 unspecified atom stereocenters. The third kappa shape index (κ3) is 13.7. The maximum absolute atomic E-state index is 12.7. The standard InChI is InChI=1S/C55H96O7/c1-8-10-11-12-13-14-15-16-17-18-19-20-21-22-23-24-25-26-49(56)60-38-48-50(57)51(58)52(59)53(62-48)61-43-33-35-54(6)42(37-43)29-30-44-46-32-31-45(55(46,7)36-34-47(44)54)40(5)27-28-41(9-2)39(3)4/h27-29,39-41,43-48,50-53,57-59H,8-26,30-38H2,1-7H3/b28-27+. The van der Waals surface area contributed by atoms with Gasteiger partial charge in [-0.2, -0.15) is 0 Å². The largest absolute Gasteiger partial charge is 0.463 e. The molecule has 4 aliphatic carbocycles. The molecule has 1 aliphatic heterocycles. The van der Waals surface area contributed by atoms with Crippen molar-refractivity contribution in [3.8, 4) is 0 Å². The molecule has 3 N–H and O–H groups in total. The lowest BCUT2D eigenvalue weighted by molar-refractivity contribution is -0.313. The van der Waals surface area contributed by atoms with Crippen molar-refractivity contribution >= 4 is 5.97 Å². The third-order valence-electron chi connectivity index (χ3n) is 17.6. The highest BCUT2D eigenvalue weighted by molar-refractivity contribution is 5.69. The van der Waals surface area contributed by atoms with Gasteiger partial charge >= 0.3 is 5.97 Å². The Bertz CT molecular complexity index is 1360. The first-order valence-corrected chi connectivity index (χ1v) is 26.7. The average Bonchev–Trinajstić information content (AvgIpc) is 3.62. The lowest BCUT2D eigenvalue weighted by Gasteiger charge is -2.58. The molecule has 7 heteroatoms.